The quantitative estimate of drug-likeness (QED) is 0.373. The molecule has 0 aromatic heterocycles. The Morgan fingerprint density at radius 3 is 2.00 bits per heavy atom. The number of ether oxygens (including phenoxy) is 1. The first kappa shape index (κ1) is 17.5. The van der Waals surface area contributed by atoms with Crippen molar-refractivity contribution in [1.82, 2.24) is 0 Å². The zero-order valence-electron chi connectivity index (χ0n) is 12.9. The Balaban J connectivity index is 3.54. The van der Waals surface area contributed by atoms with Gasteiger partial charge in [0.2, 0.25) is 0 Å². The molecule has 0 spiro atoms. The van der Waals surface area contributed by atoms with Crippen molar-refractivity contribution in [3.05, 3.63) is 0 Å². The summed E-state index contributed by atoms with van der Waals surface area (Å²) < 4.78 is 5.48. The molecule has 0 bridgehead atoms. The van der Waals surface area contributed by atoms with Crippen molar-refractivity contribution >= 4 is 5.97 Å². The van der Waals surface area contributed by atoms with Gasteiger partial charge >= 0.3 is 5.97 Å². The Bertz CT molecular complexity index is 209. The molecule has 2 heteroatoms. The second-order valence-corrected chi connectivity index (χ2v) is 5.86. The van der Waals surface area contributed by atoms with Crippen LogP contribution in [0.3, 0.4) is 0 Å². The van der Waals surface area contributed by atoms with E-state index in [9.17, 15) is 4.79 Å². The highest BCUT2D eigenvalue weighted by Gasteiger charge is 2.21. The normalized spacial score (nSPS) is 11.6. The molecule has 0 fully saturated rings. The van der Waals surface area contributed by atoms with Crippen molar-refractivity contribution in [3.8, 4) is 0 Å². The third-order valence-corrected chi connectivity index (χ3v) is 3.23. The van der Waals surface area contributed by atoms with Crippen LogP contribution in [0.5, 0.6) is 0 Å². The lowest BCUT2D eigenvalue weighted by molar-refractivity contribution is -0.157. The fraction of sp³-hybridized carbons (Fsp3) is 0.938. The Morgan fingerprint density at radius 2 is 1.44 bits per heavy atom. The predicted molar refractivity (Wildman–Crippen MR) is 77.7 cm³/mol. The van der Waals surface area contributed by atoms with Crippen LogP contribution in [0, 0.1) is 0 Å². The van der Waals surface area contributed by atoms with Gasteiger partial charge in [-0.3, -0.25) is 4.79 Å². The summed E-state index contributed by atoms with van der Waals surface area (Å²) in [6.45, 7) is 8.30. The molecule has 18 heavy (non-hydrogen) atoms. The fourth-order valence-corrected chi connectivity index (χ4v) is 2.12. The summed E-state index contributed by atoms with van der Waals surface area (Å²) in [5.74, 6) is -0.0505. The maximum absolute atomic E-state index is 11.4. The number of hydrogen-bond acceptors (Lipinski definition) is 2. The first-order valence-corrected chi connectivity index (χ1v) is 7.73. The van der Waals surface area contributed by atoms with Gasteiger partial charge in [0.25, 0.3) is 0 Å². The smallest absolute Gasteiger partial charge is 0.306 e. The highest BCUT2D eigenvalue weighted by molar-refractivity contribution is 5.69. The van der Waals surface area contributed by atoms with Crippen LogP contribution >= 0.6 is 0 Å². The zero-order valence-corrected chi connectivity index (χ0v) is 12.9. The minimum absolute atomic E-state index is 0.0505. The second kappa shape index (κ2) is 10.4. The van der Waals surface area contributed by atoms with E-state index < -0.39 is 0 Å². The molecular weight excluding hydrogens is 224 g/mol. The molecule has 0 saturated carbocycles. The topological polar surface area (TPSA) is 26.3 Å². The molecule has 0 aliphatic heterocycles. The van der Waals surface area contributed by atoms with Crippen LogP contribution in [0.25, 0.3) is 0 Å². The summed E-state index contributed by atoms with van der Waals surface area (Å²) in [6, 6.07) is 0. The van der Waals surface area contributed by atoms with Crippen molar-refractivity contribution in [2.45, 2.75) is 97.5 Å². The minimum atomic E-state index is -0.282. The molecule has 0 aliphatic carbocycles. The summed E-state index contributed by atoms with van der Waals surface area (Å²) >= 11 is 0. The highest BCUT2D eigenvalue weighted by atomic mass is 16.6. The van der Waals surface area contributed by atoms with E-state index in [1.54, 1.807) is 0 Å². The van der Waals surface area contributed by atoms with E-state index in [-0.39, 0.29) is 11.6 Å². The van der Waals surface area contributed by atoms with E-state index >= 15 is 0 Å². The van der Waals surface area contributed by atoms with Crippen molar-refractivity contribution in [1.29, 1.82) is 0 Å². The Kier molecular flexibility index (Phi) is 10.1. The number of rotatable bonds is 11. The maximum atomic E-state index is 11.4. The molecular formula is C16H32O2. The molecule has 0 amide bonds. The number of carbonyl (C=O) groups excluding carboxylic acids is 1. The van der Waals surface area contributed by atoms with Crippen LogP contribution in [0.15, 0.2) is 0 Å². The molecule has 0 aromatic carbocycles. The molecule has 0 aliphatic rings. The molecule has 0 rings (SSSR count). The van der Waals surface area contributed by atoms with E-state index in [2.05, 4.69) is 6.92 Å². The summed E-state index contributed by atoms with van der Waals surface area (Å²) in [5, 5.41) is 0. The summed E-state index contributed by atoms with van der Waals surface area (Å²) in [7, 11) is 0. The van der Waals surface area contributed by atoms with E-state index in [0.29, 0.717) is 6.42 Å². The minimum Gasteiger partial charge on any atom is -0.460 e. The monoisotopic (exact) mass is 256 g/mol. The van der Waals surface area contributed by atoms with E-state index in [4.69, 9.17) is 4.74 Å². The van der Waals surface area contributed by atoms with E-state index in [1.807, 2.05) is 20.8 Å². The summed E-state index contributed by atoms with van der Waals surface area (Å²) in [4.78, 5) is 11.4. The average molecular weight is 256 g/mol. The molecule has 0 radical (unpaired) electrons. The van der Waals surface area contributed by atoms with Gasteiger partial charge in [-0.2, -0.15) is 0 Å². The van der Waals surface area contributed by atoms with Gasteiger partial charge in [-0.15, -0.1) is 0 Å². The lowest BCUT2D eigenvalue weighted by Crippen LogP contribution is -2.27. The molecule has 0 aromatic rings. The summed E-state index contributed by atoms with van der Waals surface area (Å²) in [5.41, 5.74) is -0.282. The van der Waals surface area contributed by atoms with Crippen molar-refractivity contribution < 1.29 is 9.53 Å². The molecule has 0 heterocycles. The SMILES string of the molecule is CCCCCCCCCC(C)(C)OC(=O)CCC. The number of carbonyl (C=O) groups is 1. The Hall–Kier alpha value is -0.530. The van der Waals surface area contributed by atoms with Gasteiger partial charge in [0, 0.05) is 6.42 Å². The lowest BCUT2D eigenvalue weighted by Gasteiger charge is -2.25. The molecule has 0 unspecified atom stereocenters. The van der Waals surface area contributed by atoms with Crippen LogP contribution in [-0.4, -0.2) is 11.6 Å². The molecule has 0 saturated heterocycles. The van der Waals surface area contributed by atoms with E-state index in [1.165, 1.54) is 44.9 Å². The molecule has 108 valence electrons. The molecule has 2 nitrogen and oxygen atoms in total. The fourth-order valence-electron chi connectivity index (χ4n) is 2.12. The van der Waals surface area contributed by atoms with Crippen molar-refractivity contribution in [2.24, 2.45) is 0 Å². The first-order valence-electron chi connectivity index (χ1n) is 7.73. The molecule has 0 N–H and O–H groups in total. The predicted octanol–water partition coefficient (Wildman–Crippen LogP) is 5.25. The average Bonchev–Trinajstić information content (AvgIpc) is 2.27. The van der Waals surface area contributed by atoms with Gasteiger partial charge in [0.1, 0.15) is 5.60 Å². The van der Waals surface area contributed by atoms with Gasteiger partial charge < -0.3 is 4.74 Å². The van der Waals surface area contributed by atoms with Gasteiger partial charge in [-0.05, 0) is 33.1 Å². The molecule has 0 atom stereocenters. The van der Waals surface area contributed by atoms with Crippen LogP contribution in [-0.2, 0) is 9.53 Å². The van der Waals surface area contributed by atoms with Gasteiger partial charge in [0.15, 0.2) is 0 Å². The zero-order chi connectivity index (χ0) is 13.9. The van der Waals surface area contributed by atoms with E-state index in [0.717, 1.165) is 12.8 Å². The van der Waals surface area contributed by atoms with Crippen molar-refractivity contribution in [3.63, 3.8) is 0 Å². The second-order valence-electron chi connectivity index (χ2n) is 5.86. The number of hydrogen-bond donors (Lipinski definition) is 0. The third-order valence-electron chi connectivity index (χ3n) is 3.23. The van der Waals surface area contributed by atoms with Gasteiger partial charge in [-0.1, -0.05) is 52.4 Å². The Morgan fingerprint density at radius 1 is 0.889 bits per heavy atom. The number of esters is 1. The standard InChI is InChI=1S/C16H32O2/c1-5-7-8-9-10-11-12-14-16(3,4)18-15(17)13-6-2/h5-14H2,1-4H3. The third kappa shape index (κ3) is 10.6. The van der Waals surface area contributed by atoms with Crippen LogP contribution in [0.2, 0.25) is 0 Å². The number of unbranched alkanes of at least 4 members (excludes halogenated alkanes) is 6. The van der Waals surface area contributed by atoms with Gasteiger partial charge in [0.05, 0.1) is 0 Å². The Labute approximate surface area is 113 Å². The van der Waals surface area contributed by atoms with Crippen LogP contribution < -0.4 is 0 Å². The first-order chi connectivity index (χ1) is 8.52. The van der Waals surface area contributed by atoms with Crippen LogP contribution in [0.4, 0.5) is 0 Å². The van der Waals surface area contributed by atoms with Crippen molar-refractivity contribution in [2.75, 3.05) is 0 Å². The largest absolute Gasteiger partial charge is 0.460 e. The van der Waals surface area contributed by atoms with Gasteiger partial charge in [-0.25, -0.2) is 0 Å². The van der Waals surface area contributed by atoms with Crippen LogP contribution in [0.1, 0.15) is 91.9 Å². The lowest BCUT2D eigenvalue weighted by atomic mass is 9.99. The summed E-state index contributed by atoms with van der Waals surface area (Å²) in [6.07, 6.45) is 11.5. The highest BCUT2D eigenvalue weighted by Crippen LogP contribution is 2.20. The maximum Gasteiger partial charge on any atom is 0.306 e.